The Balaban J connectivity index is 1.73. The van der Waals surface area contributed by atoms with Gasteiger partial charge in [0, 0.05) is 17.9 Å². The SMILES string of the molecule is CCc1cccc(C2(Cc3nc(C(=O)N(C(C)C)C(C)CO[Si](C)(C)C(C)(C)C)c(OCc4ccccc4)c(=O)[nH]3)CCCC2)c1. The van der Waals surface area contributed by atoms with Crippen molar-refractivity contribution < 1.29 is 14.0 Å². The molecule has 0 saturated heterocycles. The molecule has 3 aromatic rings. The van der Waals surface area contributed by atoms with Gasteiger partial charge in [-0.15, -0.1) is 0 Å². The maximum Gasteiger partial charge on any atom is 0.294 e. The predicted octanol–water partition coefficient (Wildman–Crippen LogP) is 8.23. The number of aryl methyl sites for hydroxylation is 1. The summed E-state index contributed by atoms with van der Waals surface area (Å²) < 4.78 is 12.7. The van der Waals surface area contributed by atoms with Crippen LogP contribution in [-0.2, 0) is 29.3 Å². The van der Waals surface area contributed by atoms with Gasteiger partial charge in [-0.2, -0.15) is 0 Å². The van der Waals surface area contributed by atoms with E-state index in [9.17, 15) is 9.59 Å². The molecule has 1 fully saturated rings. The molecule has 1 heterocycles. The number of benzene rings is 2. The van der Waals surface area contributed by atoms with E-state index in [4.69, 9.17) is 14.1 Å². The first-order valence-corrected chi connectivity index (χ1v) is 19.9. The van der Waals surface area contributed by atoms with E-state index >= 15 is 0 Å². The molecule has 2 aromatic carbocycles. The van der Waals surface area contributed by atoms with Crippen molar-refractivity contribution >= 4 is 14.2 Å². The van der Waals surface area contributed by atoms with Crippen molar-refractivity contribution in [2.45, 2.75) is 129 Å². The molecule has 1 aliphatic carbocycles. The van der Waals surface area contributed by atoms with Crippen LogP contribution in [0.3, 0.4) is 0 Å². The lowest BCUT2D eigenvalue weighted by atomic mass is 9.75. The van der Waals surface area contributed by atoms with E-state index in [0.717, 1.165) is 37.7 Å². The fourth-order valence-corrected chi connectivity index (χ4v) is 7.44. The molecule has 0 radical (unpaired) electrons. The Morgan fingerprint density at radius 2 is 1.67 bits per heavy atom. The number of hydrogen-bond donors (Lipinski definition) is 1. The molecule has 1 atom stereocenters. The van der Waals surface area contributed by atoms with Crippen LogP contribution in [0.5, 0.6) is 5.75 Å². The molecular formula is C38H55N3O4Si. The molecule has 0 aliphatic heterocycles. The van der Waals surface area contributed by atoms with E-state index in [1.54, 1.807) is 4.90 Å². The van der Waals surface area contributed by atoms with E-state index < -0.39 is 13.9 Å². The first-order valence-electron chi connectivity index (χ1n) is 17.0. The van der Waals surface area contributed by atoms with Gasteiger partial charge in [0.05, 0.1) is 12.6 Å². The number of aromatic amines is 1. The Kier molecular flexibility index (Phi) is 11.4. The van der Waals surface area contributed by atoms with E-state index in [-0.39, 0.29) is 46.5 Å². The highest BCUT2D eigenvalue weighted by molar-refractivity contribution is 6.74. The van der Waals surface area contributed by atoms with E-state index in [1.165, 1.54) is 11.1 Å². The zero-order valence-electron chi connectivity index (χ0n) is 29.5. The van der Waals surface area contributed by atoms with Gasteiger partial charge in [0.2, 0.25) is 5.75 Å². The third kappa shape index (κ3) is 8.18. The van der Waals surface area contributed by atoms with Crippen molar-refractivity contribution in [3.63, 3.8) is 0 Å². The second-order valence-corrected chi connectivity index (χ2v) is 19.7. The molecule has 1 unspecified atom stereocenters. The monoisotopic (exact) mass is 645 g/mol. The summed E-state index contributed by atoms with van der Waals surface area (Å²) in [6.07, 6.45) is 5.79. The van der Waals surface area contributed by atoms with Crippen molar-refractivity contribution in [1.82, 2.24) is 14.9 Å². The molecule has 1 aromatic heterocycles. The van der Waals surface area contributed by atoms with Crippen LogP contribution in [0.2, 0.25) is 18.1 Å². The molecule has 8 heteroatoms. The van der Waals surface area contributed by atoms with Gasteiger partial charge in [-0.1, -0.05) is 95.1 Å². The summed E-state index contributed by atoms with van der Waals surface area (Å²) in [6.45, 7) is 19.8. The number of carbonyl (C=O) groups excluding carboxylic acids is 1. The summed E-state index contributed by atoms with van der Waals surface area (Å²) in [7, 11) is -2.04. The fourth-order valence-electron chi connectivity index (χ4n) is 6.35. The Morgan fingerprint density at radius 3 is 2.28 bits per heavy atom. The van der Waals surface area contributed by atoms with Crippen molar-refractivity contribution in [1.29, 1.82) is 0 Å². The van der Waals surface area contributed by atoms with Gasteiger partial charge >= 0.3 is 0 Å². The highest BCUT2D eigenvalue weighted by Crippen LogP contribution is 2.43. The fraction of sp³-hybridized carbons (Fsp3) is 0.553. The smallest absolute Gasteiger partial charge is 0.294 e. The molecule has 1 amide bonds. The van der Waals surface area contributed by atoms with Gasteiger partial charge in [0.15, 0.2) is 14.0 Å². The maximum absolute atomic E-state index is 14.5. The molecule has 7 nitrogen and oxygen atoms in total. The van der Waals surface area contributed by atoms with Crippen LogP contribution in [0, 0.1) is 0 Å². The topological polar surface area (TPSA) is 84.5 Å². The lowest BCUT2D eigenvalue weighted by molar-refractivity contribution is 0.0536. The van der Waals surface area contributed by atoms with Gasteiger partial charge < -0.3 is 19.0 Å². The molecule has 46 heavy (non-hydrogen) atoms. The van der Waals surface area contributed by atoms with Crippen LogP contribution in [0.25, 0.3) is 0 Å². The quantitative estimate of drug-likeness (QED) is 0.189. The van der Waals surface area contributed by atoms with Gasteiger partial charge in [-0.05, 0) is 74.9 Å². The maximum atomic E-state index is 14.5. The zero-order valence-corrected chi connectivity index (χ0v) is 30.5. The summed E-state index contributed by atoms with van der Waals surface area (Å²) in [6, 6.07) is 18.1. The van der Waals surface area contributed by atoms with Crippen LogP contribution in [-0.4, -0.2) is 47.8 Å². The third-order valence-electron chi connectivity index (χ3n) is 10.1. The number of amides is 1. The van der Waals surface area contributed by atoms with Crippen LogP contribution in [0.1, 0.15) is 107 Å². The molecule has 4 rings (SSSR count). The Bertz CT molecular complexity index is 1520. The van der Waals surface area contributed by atoms with Crippen molar-refractivity contribution in [3.8, 4) is 5.75 Å². The normalized spacial score (nSPS) is 15.6. The van der Waals surface area contributed by atoms with Crippen LogP contribution in [0.15, 0.2) is 59.4 Å². The first-order chi connectivity index (χ1) is 21.7. The summed E-state index contributed by atoms with van der Waals surface area (Å²) >= 11 is 0. The number of nitrogens with one attached hydrogen (secondary N) is 1. The number of H-pyrrole nitrogens is 1. The van der Waals surface area contributed by atoms with Gasteiger partial charge in [0.1, 0.15) is 12.4 Å². The summed E-state index contributed by atoms with van der Waals surface area (Å²) in [4.78, 5) is 38.1. The number of nitrogens with zero attached hydrogens (tertiary/aromatic N) is 2. The zero-order chi connectivity index (χ0) is 33.7. The minimum absolute atomic E-state index is 0.0331. The number of carbonyl (C=O) groups is 1. The average Bonchev–Trinajstić information content (AvgIpc) is 3.48. The van der Waals surface area contributed by atoms with E-state index in [0.29, 0.717) is 18.9 Å². The second kappa shape index (κ2) is 14.7. The van der Waals surface area contributed by atoms with Gasteiger partial charge in [0.25, 0.3) is 11.5 Å². The average molecular weight is 646 g/mol. The van der Waals surface area contributed by atoms with Crippen LogP contribution >= 0.6 is 0 Å². The second-order valence-electron chi connectivity index (χ2n) is 14.9. The summed E-state index contributed by atoms with van der Waals surface area (Å²) in [5, 5.41) is 0.0495. The molecule has 0 bridgehead atoms. The summed E-state index contributed by atoms with van der Waals surface area (Å²) in [5.41, 5.74) is 2.99. The van der Waals surface area contributed by atoms with Crippen LogP contribution < -0.4 is 10.3 Å². The Hall–Kier alpha value is -3.23. The highest BCUT2D eigenvalue weighted by atomic mass is 28.4. The van der Waals surface area contributed by atoms with Crippen molar-refractivity contribution in [3.05, 3.63) is 93.2 Å². The minimum Gasteiger partial charge on any atom is -0.481 e. The molecule has 1 aliphatic rings. The highest BCUT2D eigenvalue weighted by Gasteiger charge is 2.40. The number of aromatic nitrogens is 2. The number of rotatable bonds is 13. The molecule has 1 N–H and O–H groups in total. The van der Waals surface area contributed by atoms with Crippen LogP contribution in [0.4, 0.5) is 0 Å². The van der Waals surface area contributed by atoms with Crippen molar-refractivity contribution in [2.24, 2.45) is 0 Å². The lowest BCUT2D eigenvalue weighted by Crippen LogP contribution is -2.49. The summed E-state index contributed by atoms with van der Waals surface area (Å²) in [5.74, 6) is 0.178. The predicted molar refractivity (Wildman–Crippen MR) is 189 cm³/mol. The standard InChI is InChI=1S/C38H55N3O4Si/c1-10-29-19-16-20-31(23-29)38(21-14-15-22-38)24-32-39-33(34(35(42)40-32)44-26-30-17-12-11-13-18-30)36(43)41(27(2)3)28(4)25-45-46(8,9)37(5,6)7/h11-13,16-20,23,27-28H,10,14-15,21-22,24-26H2,1-9H3,(H,39,40,42). The lowest BCUT2D eigenvalue weighted by Gasteiger charge is -2.39. The Labute approximate surface area is 277 Å². The van der Waals surface area contributed by atoms with Gasteiger partial charge in [-0.25, -0.2) is 4.98 Å². The Morgan fingerprint density at radius 1 is 1.02 bits per heavy atom. The molecule has 250 valence electrons. The molecule has 1 saturated carbocycles. The third-order valence-corrected chi connectivity index (χ3v) is 14.6. The first kappa shape index (κ1) is 35.6. The van der Waals surface area contributed by atoms with E-state index in [1.807, 2.05) is 51.1 Å². The number of hydrogen-bond acceptors (Lipinski definition) is 5. The number of ether oxygens (including phenoxy) is 1. The van der Waals surface area contributed by atoms with E-state index in [2.05, 4.69) is 70.0 Å². The largest absolute Gasteiger partial charge is 0.481 e. The minimum atomic E-state index is -2.04. The molecule has 0 spiro atoms. The van der Waals surface area contributed by atoms with Gasteiger partial charge in [-0.3, -0.25) is 9.59 Å². The molecular weight excluding hydrogens is 591 g/mol. The van der Waals surface area contributed by atoms with Crippen molar-refractivity contribution in [2.75, 3.05) is 6.61 Å².